The van der Waals surface area contributed by atoms with Crippen molar-refractivity contribution in [2.45, 2.75) is 24.8 Å². The molecule has 156 valence electrons. The van der Waals surface area contributed by atoms with Crippen LogP contribution in [-0.2, 0) is 27.8 Å². The number of carbonyl (C=O) groups is 1. The van der Waals surface area contributed by atoms with E-state index in [1.165, 1.54) is 24.3 Å². The molecule has 0 aliphatic heterocycles. The summed E-state index contributed by atoms with van der Waals surface area (Å²) in [6.45, 7) is 1.92. The number of nitrogens with one attached hydrogen (secondary N) is 1. The van der Waals surface area contributed by atoms with Crippen LogP contribution in [0.1, 0.15) is 16.7 Å². The molecule has 3 aromatic rings. The molecular formula is C22H20ClNO5S. The zero-order chi connectivity index (χ0) is 21.7. The number of carboxylic acid groups (broad SMARTS) is 1. The van der Waals surface area contributed by atoms with Gasteiger partial charge in [-0.25, -0.2) is 13.1 Å². The van der Waals surface area contributed by atoms with Gasteiger partial charge in [0.2, 0.25) is 10.0 Å². The first kappa shape index (κ1) is 21.8. The molecule has 0 atom stereocenters. The Balaban J connectivity index is 1.80. The number of sulfonamides is 1. The number of rotatable bonds is 8. The number of aliphatic carboxylic acids is 1. The monoisotopic (exact) mass is 445 g/mol. The first-order valence-electron chi connectivity index (χ1n) is 9.06. The number of benzene rings is 3. The molecule has 0 aliphatic carbocycles. The molecule has 3 aromatic carbocycles. The highest BCUT2D eigenvalue weighted by Gasteiger charge is 2.15. The minimum absolute atomic E-state index is 0.0246. The standard InChI is InChI=1S/C22H20ClNO5S/c1-15-5-10-21(29-19-4-2-3-16(12-19)13-22(25)26)17(11-15)14-24-30(27,28)20-8-6-18(23)7-9-20/h2-12,24H,13-14H2,1H3,(H,25,26). The Bertz CT molecular complexity index is 1160. The Labute approximate surface area is 180 Å². The molecule has 0 aliphatic rings. The number of halogens is 1. The maximum Gasteiger partial charge on any atom is 0.307 e. The normalized spacial score (nSPS) is 11.3. The summed E-state index contributed by atoms with van der Waals surface area (Å²) in [5, 5.41) is 9.42. The molecular weight excluding hydrogens is 426 g/mol. The highest BCUT2D eigenvalue weighted by atomic mass is 35.5. The van der Waals surface area contributed by atoms with Crippen LogP contribution in [0.5, 0.6) is 11.5 Å². The van der Waals surface area contributed by atoms with Gasteiger partial charge in [-0.1, -0.05) is 41.4 Å². The van der Waals surface area contributed by atoms with Crippen LogP contribution in [0.25, 0.3) is 0 Å². The molecule has 2 N–H and O–H groups in total. The molecule has 0 unspecified atom stereocenters. The number of hydrogen-bond donors (Lipinski definition) is 2. The fraction of sp³-hybridized carbons (Fsp3) is 0.136. The number of hydrogen-bond acceptors (Lipinski definition) is 4. The summed E-state index contributed by atoms with van der Waals surface area (Å²) >= 11 is 5.82. The molecule has 0 fully saturated rings. The van der Waals surface area contributed by atoms with Crippen LogP contribution < -0.4 is 9.46 Å². The summed E-state index contributed by atoms with van der Waals surface area (Å²) in [4.78, 5) is 11.0. The largest absolute Gasteiger partial charge is 0.481 e. The molecule has 0 heterocycles. The smallest absolute Gasteiger partial charge is 0.307 e. The quantitative estimate of drug-likeness (QED) is 0.530. The molecule has 8 heteroatoms. The summed E-state index contributed by atoms with van der Waals surface area (Å²) < 4.78 is 33.6. The number of ether oxygens (including phenoxy) is 1. The van der Waals surface area contributed by atoms with Crippen molar-refractivity contribution in [3.8, 4) is 11.5 Å². The maximum atomic E-state index is 12.6. The van der Waals surface area contributed by atoms with Crippen molar-refractivity contribution in [2.75, 3.05) is 0 Å². The first-order chi connectivity index (χ1) is 14.2. The van der Waals surface area contributed by atoms with Crippen LogP contribution in [0.2, 0.25) is 5.02 Å². The van der Waals surface area contributed by atoms with Gasteiger partial charge >= 0.3 is 5.97 Å². The van der Waals surface area contributed by atoms with Crippen LogP contribution >= 0.6 is 11.6 Å². The van der Waals surface area contributed by atoms with Crippen molar-refractivity contribution >= 4 is 27.6 Å². The lowest BCUT2D eigenvalue weighted by atomic mass is 10.1. The lowest BCUT2D eigenvalue weighted by molar-refractivity contribution is -0.136. The van der Waals surface area contributed by atoms with E-state index >= 15 is 0 Å². The Morgan fingerprint density at radius 3 is 2.50 bits per heavy atom. The van der Waals surface area contributed by atoms with Crippen molar-refractivity contribution in [3.63, 3.8) is 0 Å². The zero-order valence-corrected chi connectivity index (χ0v) is 17.7. The number of aryl methyl sites for hydroxylation is 1. The van der Waals surface area contributed by atoms with E-state index in [9.17, 15) is 13.2 Å². The summed E-state index contributed by atoms with van der Waals surface area (Å²) in [5.74, 6) is 0.0195. The SMILES string of the molecule is Cc1ccc(Oc2cccc(CC(=O)O)c2)c(CNS(=O)(=O)c2ccc(Cl)cc2)c1. The van der Waals surface area contributed by atoms with E-state index in [0.29, 0.717) is 27.6 Å². The molecule has 0 aromatic heterocycles. The predicted molar refractivity (Wildman–Crippen MR) is 115 cm³/mol. The van der Waals surface area contributed by atoms with Gasteiger partial charge in [0.05, 0.1) is 11.3 Å². The Kier molecular flexibility index (Phi) is 6.77. The van der Waals surface area contributed by atoms with Crippen molar-refractivity contribution in [3.05, 3.63) is 88.4 Å². The van der Waals surface area contributed by atoms with Gasteiger partial charge in [0, 0.05) is 17.1 Å². The van der Waals surface area contributed by atoms with Gasteiger partial charge in [0.1, 0.15) is 11.5 Å². The second-order valence-electron chi connectivity index (χ2n) is 6.71. The summed E-state index contributed by atoms with van der Waals surface area (Å²) in [7, 11) is -3.73. The van der Waals surface area contributed by atoms with Crippen LogP contribution in [0.15, 0.2) is 71.6 Å². The molecule has 0 saturated carbocycles. The first-order valence-corrected chi connectivity index (χ1v) is 10.9. The van der Waals surface area contributed by atoms with Crippen LogP contribution in [0.4, 0.5) is 0 Å². The minimum Gasteiger partial charge on any atom is -0.481 e. The van der Waals surface area contributed by atoms with E-state index in [1.54, 1.807) is 30.3 Å². The van der Waals surface area contributed by atoms with Crippen molar-refractivity contribution in [1.82, 2.24) is 4.72 Å². The Morgan fingerprint density at radius 1 is 1.07 bits per heavy atom. The average molecular weight is 446 g/mol. The fourth-order valence-corrected chi connectivity index (χ4v) is 3.97. The van der Waals surface area contributed by atoms with Crippen LogP contribution in [0.3, 0.4) is 0 Å². The summed E-state index contributed by atoms with van der Waals surface area (Å²) in [6, 6.07) is 18.1. The lowest BCUT2D eigenvalue weighted by Crippen LogP contribution is -2.23. The van der Waals surface area contributed by atoms with Crippen molar-refractivity contribution in [2.24, 2.45) is 0 Å². The van der Waals surface area contributed by atoms with Gasteiger partial charge in [-0.05, 0) is 55.0 Å². The fourth-order valence-electron chi connectivity index (χ4n) is 2.84. The highest BCUT2D eigenvalue weighted by molar-refractivity contribution is 7.89. The second kappa shape index (κ2) is 9.30. The molecule has 0 saturated heterocycles. The molecule has 30 heavy (non-hydrogen) atoms. The number of carboxylic acids is 1. The Hall–Kier alpha value is -2.87. The van der Waals surface area contributed by atoms with Crippen LogP contribution in [-0.4, -0.2) is 19.5 Å². The Morgan fingerprint density at radius 2 is 1.80 bits per heavy atom. The van der Waals surface area contributed by atoms with Crippen LogP contribution in [0, 0.1) is 6.92 Å². The molecule has 0 amide bonds. The zero-order valence-electron chi connectivity index (χ0n) is 16.1. The average Bonchev–Trinajstić information content (AvgIpc) is 2.68. The van der Waals surface area contributed by atoms with E-state index in [1.807, 2.05) is 19.1 Å². The third-order valence-corrected chi connectivity index (χ3v) is 5.94. The van der Waals surface area contributed by atoms with Crippen molar-refractivity contribution in [1.29, 1.82) is 0 Å². The molecule has 6 nitrogen and oxygen atoms in total. The van der Waals surface area contributed by atoms with Gasteiger partial charge in [0.15, 0.2) is 0 Å². The summed E-state index contributed by atoms with van der Waals surface area (Å²) in [6.07, 6.45) is -0.112. The van der Waals surface area contributed by atoms with Crippen molar-refractivity contribution < 1.29 is 23.1 Å². The van der Waals surface area contributed by atoms with Gasteiger partial charge < -0.3 is 9.84 Å². The van der Waals surface area contributed by atoms with Gasteiger partial charge in [0.25, 0.3) is 0 Å². The van der Waals surface area contributed by atoms with E-state index in [2.05, 4.69) is 4.72 Å². The minimum atomic E-state index is -3.73. The molecule has 0 spiro atoms. The molecule has 0 bridgehead atoms. The second-order valence-corrected chi connectivity index (χ2v) is 8.91. The highest BCUT2D eigenvalue weighted by Crippen LogP contribution is 2.27. The van der Waals surface area contributed by atoms with E-state index in [4.69, 9.17) is 21.4 Å². The van der Waals surface area contributed by atoms with E-state index in [-0.39, 0.29) is 17.9 Å². The van der Waals surface area contributed by atoms with E-state index < -0.39 is 16.0 Å². The maximum absolute atomic E-state index is 12.6. The van der Waals surface area contributed by atoms with E-state index in [0.717, 1.165) is 5.56 Å². The lowest BCUT2D eigenvalue weighted by Gasteiger charge is -2.14. The third kappa shape index (κ3) is 5.82. The van der Waals surface area contributed by atoms with Gasteiger partial charge in [-0.2, -0.15) is 0 Å². The van der Waals surface area contributed by atoms with Gasteiger partial charge in [-0.3, -0.25) is 4.79 Å². The third-order valence-electron chi connectivity index (χ3n) is 4.27. The molecule has 0 radical (unpaired) electrons. The summed E-state index contributed by atoms with van der Waals surface area (Å²) in [5.41, 5.74) is 2.20. The molecule has 3 rings (SSSR count). The topological polar surface area (TPSA) is 92.7 Å². The predicted octanol–water partition coefficient (Wildman–Crippen LogP) is 4.55. The van der Waals surface area contributed by atoms with Gasteiger partial charge in [-0.15, -0.1) is 0 Å².